The highest BCUT2D eigenvalue weighted by atomic mass is 16.5. The molecule has 1 aromatic heterocycles. The zero-order valence-corrected chi connectivity index (χ0v) is 14.3. The predicted octanol–water partition coefficient (Wildman–Crippen LogP) is 3.17. The van der Waals surface area contributed by atoms with Crippen molar-refractivity contribution < 1.29 is 23.8 Å². The number of hydrogen-bond donors (Lipinski definition) is 1. The van der Waals surface area contributed by atoms with Crippen LogP contribution >= 0.6 is 0 Å². The molecule has 0 saturated carbocycles. The molecule has 0 aliphatic heterocycles. The van der Waals surface area contributed by atoms with Gasteiger partial charge in [-0.1, -0.05) is 12.1 Å². The van der Waals surface area contributed by atoms with Gasteiger partial charge in [0.15, 0.2) is 0 Å². The number of methoxy groups -OCH3 is 1. The minimum Gasteiger partial charge on any atom is -0.497 e. The number of ether oxygens (including phenoxy) is 3. The maximum absolute atomic E-state index is 12.4. The van der Waals surface area contributed by atoms with Crippen LogP contribution in [0, 0.1) is 13.8 Å². The molecule has 2 aromatic rings. The fourth-order valence-electron chi connectivity index (χ4n) is 2.41. The van der Waals surface area contributed by atoms with Crippen LogP contribution in [0.15, 0.2) is 24.3 Å². The number of rotatable bonds is 6. The summed E-state index contributed by atoms with van der Waals surface area (Å²) in [5, 5.41) is 0. The first-order valence-corrected chi connectivity index (χ1v) is 7.64. The highest BCUT2D eigenvalue weighted by Crippen LogP contribution is 2.20. The maximum Gasteiger partial charge on any atom is 0.355 e. The molecule has 6 nitrogen and oxygen atoms in total. The zero-order chi connectivity index (χ0) is 17.7. The third kappa shape index (κ3) is 3.76. The van der Waals surface area contributed by atoms with E-state index in [9.17, 15) is 9.59 Å². The van der Waals surface area contributed by atoms with Crippen molar-refractivity contribution in [1.82, 2.24) is 4.98 Å². The molecule has 0 atom stereocenters. The Kier molecular flexibility index (Phi) is 5.63. The van der Waals surface area contributed by atoms with E-state index in [1.54, 1.807) is 40.0 Å². The van der Waals surface area contributed by atoms with Crippen LogP contribution in [0.25, 0.3) is 0 Å². The third-order valence-electron chi connectivity index (χ3n) is 3.65. The van der Waals surface area contributed by atoms with Crippen molar-refractivity contribution in [3.8, 4) is 5.75 Å². The van der Waals surface area contributed by atoms with E-state index in [0.717, 1.165) is 11.3 Å². The molecule has 0 saturated heterocycles. The number of aryl methyl sites for hydroxylation is 1. The predicted molar refractivity (Wildman–Crippen MR) is 88.3 cm³/mol. The van der Waals surface area contributed by atoms with E-state index in [-0.39, 0.29) is 18.9 Å². The largest absolute Gasteiger partial charge is 0.497 e. The van der Waals surface area contributed by atoms with E-state index < -0.39 is 11.9 Å². The van der Waals surface area contributed by atoms with Crippen LogP contribution in [0.1, 0.15) is 44.6 Å². The summed E-state index contributed by atoms with van der Waals surface area (Å²) in [4.78, 5) is 27.1. The minimum atomic E-state index is -0.479. The zero-order valence-electron chi connectivity index (χ0n) is 14.3. The lowest BCUT2D eigenvalue weighted by atomic mass is 10.1. The SMILES string of the molecule is CCOC(=O)c1[nH]c(C)c(C(=O)OCc2ccc(OC)cc2)c1C. The Bertz CT molecular complexity index is 731. The van der Waals surface area contributed by atoms with Crippen molar-refractivity contribution in [2.45, 2.75) is 27.4 Å². The first-order chi connectivity index (χ1) is 11.5. The number of carbonyl (C=O) groups is 2. The summed E-state index contributed by atoms with van der Waals surface area (Å²) >= 11 is 0. The van der Waals surface area contributed by atoms with Crippen molar-refractivity contribution in [3.63, 3.8) is 0 Å². The van der Waals surface area contributed by atoms with E-state index in [1.165, 1.54) is 0 Å². The number of aromatic amines is 1. The molecular formula is C18H21NO5. The standard InChI is InChI=1S/C18H21NO5/c1-5-23-18(21)16-11(2)15(12(3)19-16)17(20)24-10-13-6-8-14(22-4)9-7-13/h6-9,19H,5,10H2,1-4H3. The van der Waals surface area contributed by atoms with Gasteiger partial charge < -0.3 is 19.2 Å². The first-order valence-electron chi connectivity index (χ1n) is 7.64. The molecule has 128 valence electrons. The molecule has 1 heterocycles. The number of carbonyl (C=O) groups excluding carboxylic acids is 2. The van der Waals surface area contributed by atoms with Crippen LogP contribution in [-0.2, 0) is 16.1 Å². The molecule has 0 bridgehead atoms. The molecule has 0 aliphatic rings. The van der Waals surface area contributed by atoms with E-state index in [0.29, 0.717) is 16.8 Å². The van der Waals surface area contributed by atoms with Crippen molar-refractivity contribution in [2.24, 2.45) is 0 Å². The summed E-state index contributed by atoms with van der Waals surface area (Å²) in [6.45, 7) is 5.56. The first kappa shape index (κ1) is 17.6. The average molecular weight is 331 g/mol. The molecule has 0 amide bonds. The fraction of sp³-hybridized carbons (Fsp3) is 0.333. The fourth-order valence-corrected chi connectivity index (χ4v) is 2.41. The van der Waals surface area contributed by atoms with Gasteiger partial charge in [-0.3, -0.25) is 0 Å². The molecule has 6 heteroatoms. The van der Waals surface area contributed by atoms with Gasteiger partial charge in [0, 0.05) is 5.69 Å². The lowest BCUT2D eigenvalue weighted by Gasteiger charge is -2.07. The van der Waals surface area contributed by atoms with Gasteiger partial charge in [-0.15, -0.1) is 0 Å². The van der Waals surface area contributed by atoms with Crippen LogP contribution in [0.3, 0.4) is 0 Å². The van der Waals surface area contributed by atoms with Gasteiger partial charge in [0.25, 0.3) is 0 Å². The summed E-state index contributed by atoms with van der Waals surface area (Å²) in [6, 6.07) is 7.25. The molecular weight excluding hydrogens is 310 g/mol. The van der Waals surface area contributed by atoms with Gasteiger partial charge in [0.2, 0.25) is 0 Å². The monoisotopic (exact) mass is 331 g/mol. The molecule has 0 aliphatic carbocycles. The smallest absolute Gasteiger partial charge is 0.355 e. The highest BCUT2D eigenvalue weighted by molar-refractivity contribution is 5.98. The summed E-state index contributed by atoms with van der Waals surface area (Å²) in [7, 11) is 1.59. The molecule has 0 radical (unpaired) electrons. The lowest BCUT2D eigenvalue weighted by molar-refractivity contribution is 0.0471. The Balaban J connectivity index is 2.10. The van der Waals surface area contributed by atoms with Crippen molar-refractivity contribution in [1.29, 1.82) is 0 Å². The quantitative estimate of drug-likeness (QED) is 0.823. The highest BCUT2D eigenvalue weighted by Gasteiger charge is 2.23. The summed E-state index contributed by atoms with van der Waals surface area (Å²) in [6.07, 6.45) is 0. The summed E-state index contributed by atoms with van der Waals surface area (Å²) in [5.41, 5.74) is 2.61. The van der Waals surface area contributed by atoms with Crippen LogP contribution in [0.5, 0.6) is 5.75 Å². The van der Waals surface area contributed by atoms with Crippen LogP contribution < -0.4 is 4.74 Å². The number of nitrogens with one attached hydrogen (secondary N) is 1. The van der Waals surface area contributed by atoms with Gasteiger partial charge in [-0.25, -0.2) is 9.59 Å². The number of hydrogen-bond acceptors (Lipinski definition) is 5. The van der Waals surface area contributed by atoms with Gasteiger partial charge in [0.05, 0.1) is 19.3 Å². The Morgan fingerprint density at radius 3 is 2.29 bits per heavy atom. The summed E-state index contributed by atoms with van der Waals surface area (Å²) < 4.78 is 15.4. The number of esters is 2. The van der Waals surface area contributed by atoms with E-state index in [1.807, 2.05) is 12.1 Å². The second kappa shape index (κ2) is 7.68. The average Bonchev–Trinajstić information content (AvgIpc) is 2.88. The summed E-state index contributed by atoms with van der Waals surface area (Å²) in [5.74, 6) is -0.221. The Hall–Kier alpha value is -2.76. The van der Waals surface area contributed by atoms with Crippen molar-refractivity contribution in [3.05, 3.63) is 52.3 Å². The van der Waals surface area contributed by atoms with Crippen molar-refractivity contribution in [2.75, 3.05) is 13.7 Å². The molecule has 24 heavy (non-hydrogen) atoms. The Morgan fingerprint density at radius 1 is 1.04 bits per heavy atom. The van der Waals surface area contributed by atoms with Gasteiger partial charge in [0.1, 0.15) is 18.1 Å². The number of H-pyrrole nitrogens is 1. The number of aromatic nitrogens is 1. The topological polar surface area (TPSA) is 77.6 Å². The second-order valence-corrected chi connectivity index (χ2v) is 5.27. The molecule has 0 unspecified atom stereocenters. The van der Waals surface area contributed by atoms with Crippen LogP contribution in [-0.4, -0.2) is 30.6 Å². The molecule has 0 spiro atoms. The molecule has 1 N–H and O–H groups in total. The van der Waals surface area contributed by atoms with Crippen molar-refractivity contribution >= 4 is 11.9 Å². The van der Waals surface area contributed by atoms with Crippen LogP contribution in [0.4, 0.5) is 0 Å². The van der Waals surface area contributed by atoms with Gasteiger partial charge >= 0.3 is 11.9 Å². The van der Waals surface area contributed by atoms with E-state index in [2.05, 4.69) is 4.98 Å². The normalized spacial score (nSPS) is 10.3. The minimum absolute atomic E-state index is 0.141. The van der Waals surface area contributed by atoms with Gasteiger partial charge in [-0.05, 0) is 44.0 Å². The molecule has 0 fully saturated rings. The lowest BCUT2D eigenvalue weighted by Crippen LogP contribution is -2.09. The third-order valence-corrected chi connectivity index (χ3v) is 3.65. The molecule has 1 aromatic carbocycles. The second-order valence-electron chi connectivity index (χ2n) is 5.27. The molecule has 2 rings (SSSR count). The Morgan fingerprint density at radius 2 is 1.71 bits per heavy atom. The Labute approximate surface area is 140 Å². The maximum atomic E-state index is 12.4. The van der Waals surface area contributed by atoms with Gasteiger partial charge in [-0.2, -0.15) is 0 Å². The van der Waals surface area contributed by atoms with E-state index >= 15 is 0 Å². The van der Waals surface area contributed by atoms with Crippen LogP contribution in [0.2, 0.25) is 0 Å². The van der Waals surface area contributed by atoms with E-state index in [4.69, 9.17) is 14.2 Å². The number of benzene rings is 1.